The summed E-state index contributed by atoms with van der Waals surface area (Å²) in [7, 11) is 1.60. The third kappa shape index (κ3) is 2.69. The average molecular weight is 304 g/mol. The Bertz CT molecular complexity index is 650. The second-order valence-corrected chi connectivity index (χ2v) is 5.78. The lowest BCUT2D eigenvalue weighted by Crippen LogP contribution is -2.46. The summed E-state index contributed by atoms with van der Waals surface area (Å²) in [5, 5.41) is 6.58. The lowest BCUT2D eigenvalue weighted by Gasteiger charge is -2.33. The Hall–Kier alpha value is -2.15. The van der Waals surface area contributed by atoms with Crippen LogP contribution in [0.3, 0.4) is 0 Å². The molecular formula is C14H16N4O2S. The van der Waals surface area contributed by atoms with Gasteiger partial charge in [0.2, 0.25) is 11.8 Å². The Morgan fingerprint density at radius 1 is 1.52 bits per heavy atom. The number of carbonyl (C=O) groups excluding carboxylic acids is 2. The van der Waals surface area contributed by atoms with E-state index in [1.165, 1.54) is 0 Å². The third-order valence-electron chi connectivity index (χ3n) is 3.67. The number of imidazole rings is 1. The van der Waals surface area contributed by atoms with Crippen molar-refractivity contribution in [3.05, 3.63) is 40.6 Å². The van der Waals surface area contributed by atoms with Crippen molar-refractivity contribution in [2.45, 2.75) is 19.0 Å². The molecule has 2 aromatic heterocycles. The molecule has 2 aromatic rings. The smallest absolute Gasteiger partial charge is 0.244 e. The number of likely N-dealkylation sites (N-methyl/N-ethyl adjacent to an activating group) is 1. The topological polar surface area (TPSA) is 67.2 Å². The summed E-state index contributed by atoms with van der Waals surface area (Å²) >= 11 is 1.58. The number of thiophene rings is 1. The minimum Gasteiger partial charge on any atom is -0.357 e. The number of hydrogen-bond acceptors (Lipinski definition) is 4. The lowest BCUT2D eigenvalue weighted by atomic mass is 10.1. The van der Waals surface area contributed by atoms with Crippen LogP contribution in [-0.2, 0) is 22.6 Å². The van der Waals surface area contributed by atoms with Gasteiger partial charge in [0.05, 0.1) is 31.5 Å². The molecule has 0 aromatic carbocycles. The molecule has 0 saturated heterocycles. The van der Waals surface area contributed by atoms with Crippen LogP contribution in [-0.4, -0.2) is 39.9 Å². The van der Waals surface area contributed by atoms with Gasteiger partial charge in [0.15, 0.2) is 0 Å². The first kappa shape index (κ1) is 13.8. The summed E-state index contributed by atoms with van der Waals surface area (Å²) in [6.45, 7) is 0.877. The van der Waals surface area contributed by atoms with Gasteiger partial charge in [-0.1, -0.05) is 0 Å². The fraction of sp³-hybridized carbons (Fsp3) is 0.357. The predicted octanol–water partition coefficient (Wildman–Crippen LogP) is 0.817. The number of hydrogen-bond donors (Lipinski definition) is 1. The van der Waals surface area contributed by atoms with E-state index in [1.54, 1.807) is 35.8 Å². The Morgan fingerprint density at radius 2 is 2.38 bits per heavy atom. The fourth-order valence-electron chi connectivity index (χ4n) is 2.54. The van der Waals surface area contributed by atoms with Crippen molar-refractivity contribution in [2.75, 3.05) is 13.6 Å². The molecule has 3 rings (SSSR count). The number of rotatable bonds is 3. The van der Waals surface area contributed by atoms with Crippen molar-refractivity contribution in [3.63, 3.8) is 0 Å². The Balaban J connectivity index is 1.79. The number of nitrogens with zero attached hydrogens (tertiary/aromatic N) is 3. The molecule has 7 heteroatoms. The molecule has 1 atom stereocenters. The fourth-order valence-corrected chi connectivity index (χ4v) is 3.21. The van der Waals surface area contributed by atoms with Crippen LogP contribution in [0.15, 0.2) is 29.4 Å². The summed E-state index contributed by atoms with van der Waals surface area (Å²) in [5.41, 5.74) is 1.90. The molecular weight excluding hydrogens is 288 g/mol. The minimum absolute atomic E-state index is 0.0368. The van der Waals surface area contributed by atoms with Crippen LogP contribution >= 0.6 is 11.3 Å². The summed E-state index contributed by atoms with van der Waals surface area (Å²) in [6.07, 6.45) is 3.73. The zero-order chi connectivity index (χ0) is 14.8. The molecule has 21 heavy (non-hydrogen) atoms. The maximum atomic E-state index is 12.4. The normalized spacial score (nSPS) is 17.4. The highest BCUT2D eigenvalue weighted by molar-refractivity contribution is 7.07. The van der Waals surface area contributed by atoms with E-state index in [4.69, 9.17) is 0 Å². The standard InChI is InChI=1S/C14H16N4O2S/c1-15-14(20)12-7-17(6-11-5-16-9-18(11)12)13(19)4-10-2-3-21-8-10/h2-3,5,8-9,12H,4,6-7H2,1H3,(H,15,20)/t12-/m1/s1. The second kappa shape index (κ2) is 5.69. The molecule has 2 amide bonds. The Morgan fingerprint density at radius 3 is 3.10 bits per heavy atom. The van der Waals surface area contributed by atoms with Crippen molar-refractivity contribution in [1.82, 2.24) is 19.8 Å². The van der Waals surface area contributed by atoms with E-state index in [0.717, 1.165) is 11.3 Å². The predicted molar refractivity (Wildman–Crippen MR) is 78.8 cm³/mol. The number of amides is 2. The largest absolute Gasteiger partial charge is 0.357 e. The first-order chi connectivity index (χ1) is 10.2. The van der Waals surface area contributed by atoms with E-state index in [1.807, 2.05) is 21.4 Å². The van der Waals surface area contributed by atoms with Crippen LogP contribution in [0.5, 0.6) is 0 Å². The van der Waals surface area contributed by atoms with Gasteiger partial charge in [0.25, 0.3) is 0 Å². The summed E-state index contributed by atoms with van der Waals surface area (Å²) in [4.78, 5) is 30.3. The Kier molecular flexibility index (Phi) is 3.74. The van der Waals surface area contributed by atoms with Crippen molar-refractivity contribution < 1.29 is 9.59 Å². The molecule has 0 unspecified atom stereocenters. The molecule has 3 heterocycles. The lowest BCUT2D eigenvalue weighted by molar-refractivity contribution is -0.134. The molecule has 110 valence electrons. The summed E-state index contributed by atoms with van der Waals surface area (Å²) in [6, 6.07) is 1.54. The van der Waals surface area contributed by atoms with E-state index < -0.39 is 6.04 Å². The summed E-state index contributed by atoms with van der Waals surface area (Å²) < 4.78 is 1.84. The molecule has 0 spiro atoms. The maximum absolute atomic E-state index is 12.4. The van der Waals surface area contributed by atoms with E-state index in [9.17, 15) is 9.59 Å². The van der Waals surface area contributed by atoms with Crippen LogP contribution in [0.25, 0.3) is 0 Å². The van der Waals surface area contributed by atoms with Crippen LogP contribution in [0.2, 0.25) is 0 Å². The molecule has 1 N–H and O–H groups in total. The zero-order valence-corrected chi connectivity index (χ0v) is 12.5. The van der Waals surface area contributed by atoms with Crippen molar-refractivity contribution in [2.24, 2.45) is 0 Å². The molecule has 0 aliphatic carbocycles. The summed E-state index contributed by atoms with van der Waals surface area (Å²) in [5.74, 6) is -0.0722. The van der Waals surface area contributed by atoms with Gasteiger partial charge in [-0.2, -0.15) is 11.3 Å². The molecule has 1 aliphatic heterocycles. The third-order valence-corrected chi connectivity index (χ3v) is 4.40. The van der Waals surface area contributed by atoms with E-state index in [0.29, 0.717) is 19.5 Å². The quantitative estimate of drug-likeness (QED) is 0.913. The van der Waals surface area contributed by atoms with Gasteiger partial charge in [-0.15, -0.1) is 0 Å². The highest BCUT2D eigenvalue weighted by Crippen LogP contribution is 2.22. The SMILES string of the molecule is CNC(=O)[C@H]1CN(C(=O)Cc2ccsc2)Cc2cncn21. The number of aromatic nitrogens is 2. The van der Waals surface area contributed by atoms with Gasteiger partial charge < -0.3 is 14.8 Å². The molecule has 0 radical (unpaired) electrons. The number of carbonyl (C=O) groups is 2. The van der Waals surface area contributed by atoms with Gasteiger partial charge in [-0.05, 0) is 22.4 Å². The zero-order valence-electron chi connectivity index (χ0n) is 11.7. The average Bonchev–Trinajstić information content (AvgIpc) is 3.15. The van der Waals surface area contributed by atoms with Gasteiger partial charge in [-0.25, -0.2) is 4.98 Å². The van der Waals surface area contributed by atoms with Gasteiger partial charge in [-0.3, -0.25) is 9.59 Å². The highest BCUT2D eigenvalue weighted by Gasteiger charge is 2.31. The minimum atomic E-state index is -0.410. The maximum Gasteiger partial charge on any atom is 0.244 e. The second-order valence-electron chi connectivity index (χ2n) is 5.00. The van der Waals surface area contributed by atoms with Crippen LogP contribution in [0.4, 0.5) is 0 Å². The molecule has 6 nitrogen and oxygen atoms in total. The molecule has 0 saturated carbocycles. The van der Waals surface area contributed by atoms with E-state index >= 15 is 0 Å². The molecule has 1 aliphatic rings. The van der Waals surface area contributed by atoms with E-state index in [2.05, 4.69) is 10.3 Å². The van der Waals surface area contributed by atoms with Crippen molar-refractivity contribution in [3.8, 4) is 0 Å². The van der Waals surface area contributed by atoms with Gasteiger partial charge in [0, 0.05) is 13.2 Å². The first-order valence-corrected chi connectivity index (χ1v) is 7.64. The van der Waals surface area contributed by atoms with E-state index in [-0.39, 0.29) is 11.8 Å². The highest BCUT2D eigenvalue weighted by atomic mass is 32.1. The monoisotopic (exact) mass is 304 g/mol. The Labute approximate surface area is 126 Å². The van der Waals surface area contributed by atoms with Crippen LogP contribution in [0.1, 0.15) is 17.3 Å². The van der Waals surface area contributed by atoms with Gasteiger partial charge >= 0.3 is 0 Å². The number of fused-ring (bicyclic) bond motifs is 1. The first-order valence-electron chi connectivity index (χ1n) is 6.70. The molecule has 0 bridgehead atoms. The van der Waals surface area contributed by atoms with Crippen LogP contribution in [0, 0.1) is 0 Å². The van der Waals surface area contributed by atoms with Gasteiger partial charge in [0.1, 0.15) is 6.04 Å². The van der Waals surface area contributed by atoms with Crippen LogP contribution < -0.4 is 5.32 Å². The van der Waals surface area contributed by atoms with Crippen molar-refractivity contribution >= 4 is 23.2 Å². The van der Waals surface area contributed by atoms with Crippen molar-refractivity contribution in [1.29, 1.82) is 0 Å². The number of nitrogens with one attached hydrogen (secondary N) is 1. The molecule has 0 fully saturated rings.